The van der Waals surface area contributed by atoms with Crippen molar-refractivity contribution in [2.45, 2.75) is 6.54 Å². The molecule has 0 spiro atoms. The predicted octanol–water partition coefficient (Wildman–Crippen LogP) is 1.49. The molecule has 0 aliphatic carbocycles. The highest BCUT2D eigenvalue weighted by atomic mass is 32.1. The molecule has 2 amide bonds. The Labute approximate surface area is 186 Å². The second-order valence-corrected chi connectivity index (χ2v) is 9.26. The third-order valence-electron chi connectivity index (χ3n) is 4.74. The summed E-state index contributed by atoms with van der Waals surface area (Å²) in [5.74, 6) is -1.39. The molecule has 2 aromatic heterocycles. The van der Waals surface area contributed by atoms with E-state index in [-0.39, 0.29) is 31.7 Å². The fraction of sp³-hybridized carbons (Fsp3) is 0.0500. The minimum absolute atomic E-state index is 0.146. The Bertz CT molecular complexity index is 1640. The highest BCUT2D eigenvalue weighted by Gasteiger charge is 2.26. The van der Waals surface area contributed by atoms with Crippen molar-refractivity contribution < 1.29 is 14.7 Å². The molecule has 2 aromatic carbocycles. The van der Waals surface area contributed by atoms with E-state index in [0.717, 1.165) is 32.0 Å². The van der Waals surface area contributed by atoms with Gasteiger partial charge in [-0.05, 0) is 30.4 Å². The van der Waals surface area contributed by atoms with Crippen LogP contribution in [0, 0.1) is 3.95 Å². The molecule has 2 N–H and O–H groups in total. The van der Waals surface area contributed by atoms with Gasteiger partial charge in [0.15, 0.2) is 3.95 Å². The van der Waals surface area contributed by atoms with Crippen molar-refractivity contribution in [3.63, 3.8) is 0 Å². The quantitative estimate of drug-likeness (QED) is 0.442. The lowest BCUT2D eigenvalue weighted by atomic mass is 10.1. The van der Waals surface area contributed by atoms with Crippen LogP contribution >= 0.6 is 34.9 Å². The van der Waals surface area contributed by atoms with E-state index in [1.165, 1.54) is 4.57 Å². The number of carbonyl (C=O) groups excluding carboxylic acids is 2. The molecule has 1 aliphatic rings. The van der Waals surface area contributed by atoms with E-state index in [0.29, 0.717) is 16.1 Å². The van der Waals surface area contributed by atoms with Gasteiger partial charge in [0.2, 0.25) is 5.88 Å². The zero-order valence-electron chi connectivity index (χ0n) is 15.6. The number of amides is 2. The molecule has 154 valence electrons. The maximum absolute atomic E-state index is 12.6. The van der Waals surface area contributed by atoms with Crippen LogP contribution in [0.2, 0.25) is 0 Å². The van der Waals surface area contributed by atoms with Gasteiger partial charge in [-0.25, -0.2) is 4.99 Å². The Kier molecular flexibility index (Phi) is 4.65. The van der Waals surface area contributed by atoms with Crippen LogP contribution in [0.5, 0.6) is 5.88 Å². The molecule has 8 nitrogen and oxygen atoms in total. The first-order valence-corrected chi connectivity index (χ1v) is 11.0. The number of rotatable bonds is 4. The monoisotopic (exact) mass is 468 g/mol. The standard InChI is InChI=1S/C20H12N4O4S3/c25-14(9-23-12-7-3-4-8-13(12)30-19(23)28)22-24-18(27)16(31-20(24)29)15-10-5-1-2-6-11(10)21-17(15)26/h1-8,27H,9H2,(H,22,25). The second kappa shape index (κ2) is 7.38. The molecular weight excluding hydrogens is 456 g/mol. The SMILES string of the molecule is O=C(Cn1c(=O)sc2ccccc21)Nn1c(O)c(C2=c3ccccc3=NC2=O)sc1=S. The zero-order chi connectivity index (χ0) is 21.7. The van der Waals surface area contributed by atoms with Crippen LogP contribution in [-0.2, 0) is 16.1 Å². The third kappa shape index (κ3) is 3.23. The molecule has 1 aliphatic heterocycles. The maximum atomic E-state index is 12.6. The van der Waals surface area contributed by atoms with Crippen molar-refractivity contribution in [2.24, 2.45) is 4.99 Å². The number of nitrogens with zero attached hydrogens (tertiary/aromatic N) is 3. The van der Waals surface area contributed by atoms with Crippen LogP contribution in [0.15, 0.2) is 58.3 Å². The average Bonchev–Trinajstić information content (AvgIpc) is 3.34. The van der Waals surface area contributed by atoms with Crippen LogP contribution in [0.25, 0.3) is 15.8 Å². The Morgan fingerprint density at radius 3 is 2.68 bits per heavy atom. The average molecular weight is 469 g/mol. The summed E-state index contributed by atoms with van der Waals surface area (Å²) in [4.78, 5) is 41.3. The van der Waals surface area contributed by atoms with Gasteiger partial charge in [0.25, 0.3) is 11.8 Å². The number of nitrogens with one attached hydrogen (secondary N) is 1. The summed E-state index contributed by atoms with van der Waals surface area (Å²) < 4.78 is 3.32. The van der Waals surface area contributed by atoms with Gasteiger partial charge in [0.05, 0.1) is 21.1 Å². The smallest absolute Gasteiger partial charge is 0.308 e. The van der Waals surface area contributed by atoms with E-state index >= 15 is 0 Å². The first kappa shape index (κ1) is 19.5. The molecule has 0 unspecified atom stereocenters. The molecule has 0 fully saturated rings. The van der Waals surface area contributed by atoms with E-state index < -0.39 is 11.8 Å². The van der Waals surface area contributed by atoms with Crippen LogP contribution in [0.1, 0.15) is 4.88 Å². The van der Waals surface area contributed by atoms with Gasteiger partial charge in [0.1, 0.15) is 11.4 Å². The fourth-order valence-electron chi connectivity index (χ4n) is 3.38. The highest BCUT2D eigenvalue weighted by Crippen LogP contribution is 2.31. The molecule has 0 radical (unpaired) electrons. The largest absolute Gasteiger partial charge is 0.492 e. The Morgan fingerprint density at radius 2 is 1.84 bits per heavy atom. The molecule has 5 rings (SSSR count). The Morgan fingerprint density at radius 1 is 1.10 bits per heavy atom. The van der Waals surface area contributed by atoms with Gasteiger partial charge in [-0.15, -0.1) is 0 Å². The topological polar surface area (TPSA) is 106 Å². The number of hydrogen-bond donors (Lipinski definition) is 2. The lowest BCUT2D eigenvalue weighted by Gasteiger charge is -2.08. The van der Waals surface area contributed by atoms with E-state index in [4.69, 9.17) is 12.2 Å². The van der Waals surface area contributed by atoms with Crippen molar-refractivity contribution in [1.29, 1.82) is 0 Å². The number of benzene rings is 2. The van der Waals surface area contributed by atoms with Gasteiger partial charge in [0, 0.05) is 5.22 Å². The minimum atomic E-state index is -0.547. The van der Waals surface area contributed by atoms with Crippen LogP contribution in [0.4, 0.5) is 0 Å². The first-order chi connectivity index (χ1) is 14.9. The third-order valence-corrected chi connectivity index (χ3v) is 7.08. The molecule has 31 heavy (non-hydrogen) atoms. The van der Waals surface area contributed by atoms with Crippen LogP contribution in [0.3, 0.4) is 0 Å². The van der Waals surface area contributed by atoms with Gasteiger partial charge in [-0.1, -0.05) is 53.0 Å². The number of aromatic hydroxyl groups is 1. The molecule has 0 bridgehead atoms. The second-order valence-electron chi connectivity index (χ2n) is 6.62. The Balaban J connectivity index is 1.50. The molecule has 11 heteroatoms. The van der Waals surface area contributed by atoms with E-state index in [9.17, 15) is 19.5 Å². The van der Waals surface area contributed by atoms with Crippen molar-refractivity contribution in [3.8, 4) is 5.88 Å². The Hall–Kier alpha value is -3.41. The summed E-state index contributed by atoms with van der Waals surface area (Å²) in [6.07, 6.45) is 0. The molecule has 0 saturated heterocycles. The molecular formula is C20H12N4O4S3. The number of hydrogen-bond acceptors (Lipinski definition) is 7. The highest BCUT2D eigenvalue weighted by molar-refractivity contribution is 7.73. The number of aromatic nitrogens is 2. The van der Waals surface area contributed by atoms with Gasteiger partial charge < -0.3 is 5.11 Å². The van der Waals surface area contributed by atoms with E-state index in [2.05, 4.69) is 10.4 Å². The van der Waals surface area contributed by atoms with Crippen molar-refractivity contribution in [1.82, 2.24) is 9.24 Å². The molecule has 4 aromatic rings. The zero-order valence-corrected chi connectivity index (χ0v) is 18.0. The number of fused-ring (bicyclic) bond motifs is 2. The molecule has 0 atom stereocenters. The lowest BCUT2D eigenvalue weighted by Crippen LogP contribution is -2.29. The number of carbonyl (C=O) groups is 2. The van der Waals surface area contributed by atoms with Gasteiger partial charge >= 0.3 is 4.87 Å². The van der Waals surface area contributed by atoms with Gasteiger partial charge in [-0.3, -0.25) is 24.4 Å². The maximum Gasteiger partial charge on any atom is 0.308 e. The van der Waals surface area contributed by atoms with Crippen molar-refractivity contribution in [2.75, 3.05) is 5.43 Å². The first-order valence-electron chi connectivity index (χ1n) is 9.00. The summed E-state index contributed by atoms with van der Waals surface area (Å²) in [6, 6.07) is 14.1. The van der Waals surface area contributed by atoms with Crippen molar-refractivity contribution >= 4 is 62.5 Å². The number of para-hydroxylation sites is 2. The molecule has 0 saturated carbocycles. The summed E-state index contributed by atoms with van der Waals surface area (Å²) >= 11 is 7.33. The summed E-state index contributed by atoms with van der Waals surface area (Å²) in [5.41, 5.74) is 3.40. The van der Waals surface area contributed by atoms with E-state index in [1.807, 2.05) is 12.1 Å². The normalized spacial score (nSPS) is 12.8. The summed E-state index contributed by atoms with van der Waals surface area (Å²) in [5, 5.41) is 11.8. The van der Waals surface area contributed by atoms with E-state index in [1.54, 1.807) is 36.4 Å². The predicted molar refractivity (Wildman–Crippen MR) is 120 cm³/mol. The van der Waals surface area contributed by atoms with Gasteiger partial charge in [-0.2, -0.15) is 4.68 Å². The summed E-state index contributed by atoms with van der Waals surface area (Å²) in [7, 11) is 0. The van der Waals surface area contributed by atoms with Crippen molar-refractivity contribution in [3.05, 3.63) is 77.6 Å². The minimum Gasteiger partial charge on any atom is -0.492 e. The summed E-state index contributed by atoms with van der Waals surface area (Å²) in [6.45, 7) is -0.247. The fourth-order valence-corrected chi connectivity index (χ4v) is 5.53. The van der Waals surface area contributed by atoms with Crippen LogP contribution in [-0.4, -0.2) is 26.2 Å². The number of thiazole rings is 2. The van der Waals surface area contributed by atoms with Crippen LogP contribution < -0.4 is 20.9 Å². The lowest BCUT2D eigenvalue weighted by molar-refractivity contribution is -0.117. The molecule has 3 heterocycles.